The summed E-state index contributed by atoms with van der Waals surface area (Å²) in [6.45, 7) is 1.90. The van der Waals surface area contributed by atoms with Gasteiger partial charge in [-0.1, -0.05) is 0 Å². The van der Waals surface area contributed by atoms with Crippen LogP contribution in [-0.2, 0) is 4.79 Å². The lowest BCUT2D eigenvalue weighted by Gasteiger charge is -2.05. The highest BCUT2D eigenvalue weighted by Crippen LogP contribution is 2.16. The molecular formula is C15H16N2O3S. The van der Waals surface area contributed by atoms with E-state index in [9.17, 15) is 4.79 Å². The van der Waals surface area contributed by atoms with Gasteiger partial charge in [-0.15, -0.1) is 11.3 Å². The Balaban J connectivity index is 1.76. The summed E-state index contributed by atoms with van der Waals surface area (Å²) in [5.41, 5.74) is 3.56. The van der Waals surface area contributed by atoms with Gasteiger partial charge in [-0.05, 0) is 48.2 Å². The van der Waals surface area contributed by atoms with Gasteiger partial charge < -0.3 is 9.47 Å². The van der Waals surface area contributed by atoms with Gasteiger partial charge in [-0.2, -0.15) is 5.10 Å². The Kier molecular flexibility index (Phi) is 5.34. The molecule has 0 aliphatic rings. The van der Waals surface area contributed by atoms with Crippen molar-refractivity contribution in [3.8, 4) is 11.5 Å². The molecular weight excluding hydrogens is 288 g/mol. The second-order valence-electron chi connectivity index (χ2n) is 4.23. The van der Waals surface area contributed by atoms with Crippen molar-refractivity contribution in [3.05, 3.63) is 46.2 Å². The number of hydrogen-bond acceptors (Lipinski definition) is 5. The molecule has 1 heterocycles. The predicted molar refractivity (Wildman–Crippen MR) is 83.3 cm³/mol. The lowest BCUT2D eigenvalue weighted by atomic mass is 10.3. The van der Waals surface area contributed by atoms with E-state index in [2.05, 4.69) is 10.5 Å². The quantitative estimate of drug-likeness (QED) is 0.659. The van der Waals surface area contributed by atoms with Crippen LogP contribution in [0.5, 0.6) is 11.5 Å². The standard InChI is InChI=1S/C15H16N2O3S/c1-11-7-8-21-14(11)9-16-17-15(18)10-20-13-5-3-12(19-2)4-6-13/h3-9H,10H2,1-2H3,(H,17,18)/b16-9+. The Morgan fingerprint density at radius 1 is 1.29 bits per heavy atom. The highest BCUT2D eigenvalue weighted by molar-refractivity contribution is 7.11. The first-order chi connectivity index (χ1) is 10.2. The van der Waals surface area contributed by atoms with Crippen LogP contribution in [0.15, 0.2) is 40.8 Å². The number of thiophene rings is 1. The van der Waals surface area contributed by atoms with Crippen LogP contribution in [0, 0.1) is 6.92 Å². The SMILES string of the molecule is COc1ccc(OCC(=O)N/N=C/c2sccc2C)cc1. The van der Waals surface area contributed by atoms with Crippen molar-refractivity contribution in [1.29, 1.82) is 0 Å². The maximum Gasteiger partial charge on any atom is 0.277 e. The molecule has 110 valence electrons. The number of benzene rings is 1. The van der Waals surface area contributed by atoms with E-state index >= 15 is 0 Å². The van der Waals surface area contributed by atoms with E-state index in [0.29, 0.717) is 5.75 Å². The molecule has 1 N–H and O–H groups in total. The molecule has 6 heteroatoms. The summed E-state index contributed by atoms with van der Waals surface area (Å²) in [4.78, 5) is 12.6. The molecule has 0 spiro atoms. The number of rotatable bonds is 6. The summed E-state index contributed by atoms with van der Waals surface area (Å²) < 4.78 is 10.4. The average molecular weight is 304 g/mol. The molecule has 1 amide bonds. The zero-order chi connectivity index (χ0) is 15.1. The Labute approximate surface area is 127 Å². The third-order valence-corrected chi connectivity index (χ3v) is 3.66. The summed E-state index contributed by atoms with van der Waals surface area (Å²) >= 11 is 1.57. The van der Waals surface area contributed by atoms with Gasteiger partial charge in [0.05, 0.1) is 13.3 Å². The van der Waals surface area contributed by atoms with Crippen LogP contribution in [0.2, 0.25) is 0 Å². The van der Waals surface area contributed by atoms with Gasteiger partial charge in [0, 0.05) is 4.88 Å². The van der Waals surface area contributed by atoms with Gasteiger partial charge in [0.2, 0.25) is 0 Å². The van der Waals surface area contributed by atoms with Gasteiger partial charge >= 0.3 is 0 Å². The molecule has 2 rings (SSSR count). The van der Waals surface area contributed by atoms with Crippen LogP contribution in [0.1, 0.15) is 10.4 Å². The second-order valence-corrected chi connectivity index (χ2v) is 5.17. The summed E-state index contributed by atoms with van der Waals surface area (Å²) in [5.74, 6) is 1.03. The van der Waals surface area contributed by atoms with Crippen LogP contribution >= 0.6 is 11.3 Å². The van der Waals surface area contributed by atoms with Crippen molar-refractivity contribution in [2.24, 2.45) is 5.10 Å². The van der Waals surface area contributed by atoms with E-state index < -0.39 is 0 Å². The van der Waals surface area contributed by atoms with E-state index in [1.165, 1.54) is 0 Å². The number of hydrogen-bond donors (Lipinski definition) is 1. The molecule has 21 heavy (non-hydrogen) atoms. The molecule has 5 nitrogen and oxygen atoms in total. The highest BCUT2D eigenvalue weighted by Gasteiger charge is 2.02. The van der Waals surface area contributed by atoms with Crippen molar-refractivity contribution < 1.29 is 14.3 Å². The van der Waals surface area contributed by atoms with E-state index in [0.717, 1.165) is 16.2 Å². The van der Waals surface area contributed by atoms with E-state index in [4.69, 9.17) is 9.47 Å². The van der Waals surface area contributed by atoms with Gasteiger partial charge in [-0.3, -0.25) is 4.79 Å². The first-order valence-electron chi connectivity index (χ1n) is 6.32. The van der Waals surface area contributed by atoms with E-state index in [1.807, 2.05) is 18.4 Å². The highest BCUT2D eigenvalue weighted by atomic mass is 32.1. The number of amides is 1. The lowest BCUT2D eigenvalue weighted by molar-refractivity contribution is -0.123. The number of nitrogens with one attached hydrogen (secondary N) is 1. The molecule has 0 saturated heterocycles. The fourth-order valence-electron chi connectivity index (χ4n) is 1.53. The van der Waals surface area contributed by atoms with Crippen LogP contribution < -0.4 is 14.9 Å². The molecule has 1 aromatic heterocycles. The van der Waals surface area contributed by atoms with Crippen LogP contribution in [0.3, 0.4) is 0 Å². The molecule has 0 fully saturated rings. The van der Waals surface area contributed by atoms with Crippen molar-refractivity contribution in [2.45, 2.75) is 6.92 Å². The van der Waals surface area contributed by atoms with Gasteiger partial charge in [0.15, 0.2) is 6.61 Å². The predicted octanol–water partition coefficient (Wildman–Crippen LogP) is 2.59. The number of aryl methyl sites for hydroxylation is 1. The Bertz CT molecular complexity index is 620. The smallest absolute Gasteiger partial charge is 0.277 e. The van der Waals surface area contributed by atoms with Gasteiger partial charge in [-0.25, -0.2) is 5.43 Å². The van der Waals surface area contributed by atoms with Crippen LogP contribution in [-0.4, -0.2) is 25.8 Å². The molecule has 2 aromatic rings. The molecule has 0 bridgehead atoms. The monoisotopic (exact) mass is 304 g/mol. The normalized spacial score (nSPS) is 10.6. The molecule has 0 aliphatic heterocycles. The molecule has 1 aromatic carbocycles. The van der Waals surface area contributed by atoms with Crippen LogP contribution in [0.4, 0.5) is 0 Å². The topological polar surface area (TPSA) is 59.9 Å². The summed E-state index contributed by atoms with van der Waals surface area (Å²) in [6.07, 6.45) is 1.63. The fourth-order valence-corrected chi connectivity index (χ4v) is 2.32. The minimum absolute atomic E-state index is 0.0902. The first kappa shape index (κ1) is 15.1. The summed E-state index contributed by atoms with van der Waals surface area (Å²) in [5, 5.41) is 5.88. The Morgan fingerprint density at radius 3 is 2.62 bits per heavy atom. The van der Waals surface area contributed by atoms with Crippen molar-refractivity contribution in [2.75, 3.05) is 13.7 Å². The number of nitrogens with zero attached hydrogens (tertiary/aromatic N) is 1. The first-order valence-corrected chi connectivity index (χ1v) is 7.20. The van der Waals surface area contributed by atoms with Crippen molar-refractivity contribution in [1.82, 2.24) is 5.43 Å². The zero-order valence-electron chi connectivity index (χ0n) is 11.8. The van der Waals surface area contributed by atoms with E-state index in [-0.39, 0.29) is 12.5 Å². The average Bonchev–Trinajstić information content (AvgIpc) is 2.91. The number of carbonyl (C=O) groups is 1. The number of ether oxygens (including phenoxy) is 2. The minimum atomic E-state index is -0.309. The van der Waals surface area contributed by atoms with E-state index in [1.54, 1.807) is 48.9 Å². The molecule has 0 saturated carbocycles. The van der Waals surface area contributed by atoms with Gasteiger partial charge in [0.25, 0.3) is 5.91 Å². The fraction of sp³-hybridized carbons (Fsp3) is 0.200. The zero-order valence-corrected chi connectivity index (χ0v) is 12.6. The maximum absolute atomic E-state index is 11.6. The number of methoxy groups -OCH3 is 1. The third-order valence-electron chi connectivity index (χ3n) is 2.70. The largest absolute Gasteiger partial charge is 0.497 e. The second kappa shape index (κ2) is 7.44. The number of carbonyl (C=O) groups excluding carboxylic acids is 1. The molecule has 0 radical (unpaired) electrons. The minimum Gasteiger partial charge on any atom is -0.497 e. The third kappa shape index (κ3) is 4.61. The molecule has 0 atom stereocenters. The summed E-state index contributed by atoms with van der Waals surface area (Å²) in [6, 6.07) is 9.02. The summed E-state index contributed by atoms with van der Waals surface area (Å²) in [7, 11) is 1.59. The Hall–Kier alpha value is -2.34. The molecule has 0 aliphatic carbocycles. The Morgan fingerprint density at radius 2 is 2.00 bits per heavy atom. The van der Waals surface area contributed by atoms with Crippen molar-refractivity contribution in [3.63, 3.8) is 0 Å². The number of hydrazone groups is 1. The maximum atomic E-state index is 11.6. The van der Waals surface area contributed by atoms with Crippen molar-refractivity contribution >= 4 is 23.5 Å². The van der Waals surface area contributed by atoms with Gasteiger partial charge in [0.1, 0.15) is 11.5 Å². The van der Waals surface area contributed by atoms with Crippen LogP contribution in [0.25, 0.3) is 0 Å². The molecule has 0 unspecified atom stereocenters. The lowest BCUT2D eigenvalue weighted by Crippen LogP contribution is -2.24.